The van der Waals surface area contributed by atoms with Gasteiger partial charge in [-0.2, -0.15) is 13.2 Å². The van der Waals surface area contributed by atoms with E-state index in [0.717, 1.165) is 16.0 Å². The molecule has 0 saturated carbocycles. The van der Waals surface area contributed by atoms with E-state index in [0.29, 0.717) is 5.69 Å². The number of benzene rings is 1. The summed E-state index contributed by atoms with van der Waals surface area (Å²) in [7, 11) is 1.21. The van der Waals surface area contributed by atoms with E-state index in [1.807, 2.05) is 39.0 Å². The van der Waals surface area contributed by atoms with E-state index in [1.54, 1.807) is 0 Å². The molecule has 1 aromatic carbocycles. The number of alkyl halides is 3. The number of halogens is 3. The normalized spacial score (nSPS) is 13.1. The van der Waals surface area contributed by atoms with Crippen LogP contribution >= 0.6 is 0 Å². The molecule has 2 amide bonds. The first-order valence-electron chi connectivity index (χ1n) is 6.90. The summed E-state index contributed by atoms with van der Waals surface area (Å²) in [5, 5.41) is 11.6. The van der Waals surface area contributed by atoms with Crippen molar-refractivity contribution in [3.63, 3.8) is 0 Å². The number of aliphatic hydroxyl groups is 1. The number of hydrogen-bond donors (Lipinski definition) is 2. The van der Waals surface area contributed by atoms with Crippen LogP contribution in [-0.2, 0) is 0 Å². The summed E-state index contributed by atoms with van der Waals surface area (Å²) >= 11 is 0. The van der Waals surface area contributed by atoms with Gasteiger partial charge in [-0.25, -0.2) is 4.79 Å². The molecule has 1 rings (SSSR count). The predicted octanol–water partition coefficient (Wildman–Crippen LogP) is 3.51. The minimum atomic E-state index is -4.75. The number of carbonyl (C=O) groups is 1. The van der Waals surface area contributed by atoms with Crippen LogP contribution in [0, 0.1) is 6.92 Å². The van der Waals surface area contributed by atoms with Gasteiger partial charge in [0.05, 0.1) is 6.54 Å². The van der Waals surface area contributed by atoms with Gasteiger partial charge in [0.15, 0.2) is 6.10 Å². The molecule has 0 aliphatic rings. The maximum absolute atomic E-state index is 12.3. The number of urea groups is 1. The van der Waals surface area contributed by atoms with Gasteiger partial charge in [0.1, 0.15) is 0 Å². The summed E-state index contributed by atoms with van der Waals surface area (Å²) in [6.45, 7) is 4.91. The average molecular weight is 318 g/mol. The van der Waals surface area contributed by atoms with E-state index in [1.165, 1.54) is 7.05 Å². The lowest BCUT2D eigenvalue weighted by Crippen LogP contribution is -2.43. The zero-order chi connectivity index (χ0) is 17.1. The molecule has 22 heavy (non-hydrogen) atoms. The molecule has 0 aromatic heterocycles. The molecule has 7 heteroatoms. The van der Waals surface area contributed by atoms with Crippen LogP contribution in [0.15, 0.2) is 18.2 Å². The molecule has 0 bridgehead atoms. The Balaban J connectivity index is 2.85. The number of rotatable bonds is 4. The smallest absolute Gasteiger partial charge is 0.382 e. The molecular formula is C15H21F3N2O2. The van der Waals surface area contributed by atoms with E-state index in [-0.39, 0.29) is 5.92 Å². The van der Waals surface area contributed by atoms with Crippen LogP contribution in [0.25, 0.3) is 0 Å². The van der Waals surface area contributed by atoms with E-state index in [9.17, 15) is 18.0 Å². The fourth-order valence-corrected chi connectivity index (χ4v) is 1.99. The number of likely N-dealkylation sites (N-methyl/N-ethyl adjacent to an activating group) is 1. The highest BCUT2D eigenvalue weighted by Crippen LogP contribution is 2.27. The lowest BCUT2D eigenvalue weighted by atomic mass is 9.98. The van der Waals surface area contributed by atoms with Crippen molar-refractivity contribution in [2.75, 3.05) is 18.9 Å². The van der Waals surface area contributed by atoms with Gasteiger partial charge in [-0.3, -0.25) is 0 Å². The Hall–Kier alpha value is -1.76. The summed E-state index contributed by atoms with van der Waals surface area (Å²) in [6, 6.07) is 4.83. The maximum Gasteiger partial charge on any atom is 0.416 e. The Kier molecular flexibility index (Phi) is 5.82. The van der Waals surface area contributed by atoms with Gasteiger partial charge in [-0.05, 0) is 24.0 Å². The van der Waals surface area contributed by atoms with Gasteiger partial charge in [0.2, 0.25) is 0 Å². The number of aliphatic hydroxyl groups excluding tert-OH is 1. The van der Waals surface area contributed by atoms with E-state index in [4.69, 9.17) is 5.11 Å². The highest BCUT2D eigenvalue weighted by atomic mass is 19.4. The number of carbonyl (C=O) groups excluding carboxylic acids is 1. The Morgan fingerprint density at radius 2 is 1.95 bits per heavy atom. The first kappa shape index (κ1) is 18.3. The zero-order valence-electron chi connectivity index (χ0n) is 13.0. The first-order valence-corrected chi connectivity index (χ1v) is 6.90. The lowest BCUT2D eigenvalue weighted by Gasteiger charge is -2.24. The van der Waals surface area contributed by atoms with Crippen molar-refractivity contribution in [1.82, 2.24) is 4.90 Å². The van der Waals surface area contributed by atoms with Crippen molar-refractivity contribution >= 4 is 11.7 Å². The molecule has 0 aliphatic carbocycles. The van der Waals surface area contributed by atoms with Gasteiger partial charge >= 0.3 is 12.2 Å². The Labute approximate surface area is 127 Å². The number of nitrogens with one attached hydrogen (secondary N) is 1. The molecule has 0 aliphatic heterocycles. The quantitative estimate of drug-likeness (QED) is 0.892. The van der Waals surface area contributed by atoms with Gasteiger partial charge in [-0.1, -0.05) is 32.0 Å². The van der Waals surface area contributed by atoms with Crippen LogP contribution in [0.4, 0.5) is 23.7 Å². The molecule has 4 nitrogen and oxygen atoms in total. The molecule has 2 N–H and O–H groups in total. The molecule has 1 unspecified atom stereocenters. The first-order chi connectivity index (χ1) is 10.0. The van der Waals surface area contributed by atoms with Crippen molar-refractivity contribution in [3.05, 3.63) is 29.3 Å². The monoisotopic (exact) mass is 318 g/mol. The van der Waals surface area contributed by atoms with Crippen molar-refractivity contribution < 1.29 is 23.1 Å². The van der Waals surface area contributed by atoms with Crippen LogP contribution in [0.2, 0.25) is 0 Å². The number of aryl methyl sites for hydroxylation is 1. The summed E-state index contributed by atoms with van der Waals surface area (Å²) < 4.78 is 37.0. The molecule has 0 radical (unpaired) electrons. The Morgan fingerprint density at radius 1 is 1.36 bits per heavy atom. The lowest BCUT2D eigenvalue weighted by molar-refractivity contribution is -0.205. The standard InChI is InChI=1S/C15H21F3N2O2/c1-9(2)11-7-5-6-10(3)13(11)19-14(22)20(4)8-12(21)15(16,17)18/h5-7,9,12,21H,8H2,1-4H3,(H,19,22). The van der Waals surface area contributed by atoms with Crippen LogP contribution in [-0.4, -0.2) is 41.9 Å². The number of para-hydroxylation sites is 1. The fraction of sp³-hybridized carbons (Fsp3) is 0.533. The van der Waals surface area contributed by atoms with Crippen LogP contribution in [0.5, 0.6) is 0 Å². The highest BCUT2D eigenvalue weighted by Gasteiger charge is 2.39. The summed E-state index contributed by atoms with van der Waals surface area (Å²) in [4.78, 5) is 12.9. The molecule has 1 aromatic rings. The van der Waals surface area contributed by atoms with Crippen LogP contribution in [0.3, 0.4) is 0 Å². The molecule has 0 saturated heterocycles. The summed E-state index contributed by atoms with van der Waals surface area (Å²) in [5.74, 6) is 0.154. The number of nitrogens with zero attached hydrogens (tertiary/aromatic N) is 1. The molecular weight excluding hydrogens is 297 g/mol. The molecule has 1 atom stereocenters. The van der Waals surface area contributed by atoms with Gasteiger partial charge < -0.3 is 15.3 Å². The Morgan fingerprint density at radius 3 is 2.45 bits per heavy atom. The number of hydrogen-bond acceptors (Lipinski definition) is 2. The second-order valence-corrected chi connectivity index (χ2v) is 5.56. The highest BCUT2D eigenvalue weighted by molar-refractivity contribution is 5.91. The zero-order valence-corrected chi connectivity index (χ0v) is 13.0. The van der Waals surface area contributed by atoms with Crippen LogP contribution < -0.4 is 5.32 Å². The molecule has 0 heterocycles. The summed E-state index contributed by atoms with van der Waals surface area (Å²) in [5.41, 5.74) is 2.32. The van der Waals surface area contributed by atoms with Gasteiger partial charge in [0.25, 0.3) is 0 Å². The summed E-state index contributed by atoms with van der Waals surface area (Å²) in [6.07, 6.45) is -7.31. The van der Waals surface area contributed by atoms with E-state index < -0.39 is 24.9 Å². The van der Waals surface area contributed by atoms with E-state index >= 15 is 0 Å². The molecule has 124 valence electrons. The van der Waals surface area contributed by atoms with Crippen molar-refractivity contribution in [1.29, 1.82) is 0 Å². The predicted molar refractivity (Wildman–Crippen MR) is 79.0 cm³/mol. The molecule has 0 spiro atoms. The van der Waals surface area contributed by atoms with Gasteiger partial charge in [-0.15, -0.1) is 0 Å². The maximum atomic E-state index is 12.3. The number of amides is 2. The van der Waals surface area contributed by atoms with E-state index in [2.05, 4.69) is 5.32 Å². The largest absolute Gasteiger partial charge is 0.416 e. The average Bonchev–Trinajstić information content (AvgIpc) is 2.39. The van der Waals surface area contributed by atoms with Crippen molar-refractivity contribution in [2.24, 2.45) is 0 Å². The fourth-order valence-electron chi connectivity index (χ4n) is 1.99. The third kappa shape index (κ3) is 4.62. The minimum Gasteiger partial charge on any atom is -0.382 e. The third-order valence-electron chi connectivity index (χ3n) is 3.33. The van der Waals surface area contributed by atoms with Crippen molar-refractivity contribution in [2.45, 2.75) is 39.0 Å². The second-order valence-electron chi connectivity index (χ2n) is 5.56. The number of anilines is 1. The van der Waals surface area contributed by atoms with Gasteiger partial charge in [0, 0.05) is 12.7 Å². The van der Waals surface area contributed by atoms with Crippen LogP contribution in [0.1, 0.15) is 30.9 Å². The SMILES string of the molecule is Cc1cccc(C(C)C)c1NC(=O)N(C)CC(O)C(F)(F)F. The Bertz CT molecular complexity index is 530. The third-order valence-corrected chi connectivity index (χ3v) is 3.33. The molecule has 0 fully saturated rings. The minimum absolute atomic E-state index is 0.154. The van der Waals surface area contributed by atoms with Crippen molar-refractivity contribution in [3.8, 4) is 0 Å². The topological polar surface area (TPSA) is 52.6 Å². The second kappa shape index (κ2) is 7.00.